The van der Waals surface area contributed by atoms with Gasteiger partial charge in [0, 0.05) is 24.9 Å². The highest BCUT2D eigenvalue weighted by atomic mass is 32.2. The Bertz CT molecular complexity index is 203. The molecule has 88 valence electrons. The van der Waals surface area contributed by atoms with Gasteiger partial charge in [0.2, 0.25) is 5.91 Å². The minimum Gasteiger partial charge on any atom is -0.342 e. The molecule has 1 rings (SSSR count). The van der Waals surface area contributed by atoms with E-state index in [0.29, 0.717) is 17.5 Å². The lowest BCUT2D eigenvalue weighted by atomic mass is 9.99. The summed E-state index contributed by atoms with van der Waals surface area (Å²) in [4.78, 5) is 13.8. The molecule has 1 amide bonds. The predicted octanol–water partition coefficient (Wildman–Crippen LogP) is 1.33. The lowest BCUT2D eigenvalue weighted by Gasteiger charge is -2.30. The molecule has 0 aromatic rings. The van der Waals surface area contributed by atoms with Crippen LogP contribution in [-0.2, 0) is 4.79 Å². The Morgan fingerprint density at radius 2 is 2.13 bits per heavy atom. The summed E-state index contributed by atoms with van der Waals surface area (Å²) in [6.45, 7) is 6.85. The Morgan fingerprint density at radius 1 is 1.53 bits per heavy atom. The molecule has 1 aliphatic heterocycles. The van der Waals surface area contributed by atoms with Crippen LogP contribution in [0.4, 0.5) is 0 Å². The fraction of sp³-hybridized carbons (Fsp3) is 0.909. The first kappa shape index (κ1) is 12.8. The standard InChI is InChI=1S/C11H22N2OS/c1-9-3-5-13(6-4-9)11(14)8-15-10(2)7-12/h9-10H,3-8,12H2,1-2H3. The zero-order valence-corrected chi connectivity index (χ0v) is 10.6. The van der Waals surface area contributed by atoms with Gasteiger partial charge in [-0.1, -0.05) is 13.8 Å². The summed E-state index contributed by atoms with van der Waals surface area (Å²) < 4.78 is 0. The number of piperidine rings is 1. The fourth-order valence-electron chi connectivity index (χ4n) is 1.63. The number of hydrogen-bond donors (Lipinski definition) is 1. The third-order valence-corrected chi connectivity index (χ3v) is 4.13. The summed E-state index contributed by atoms with van der Waals surface area (Å²) in [7, 11) is 0. The second-order valence-corrected chi connectivity index (χ2v) is 5.85. The average molecular weight is 230 g/mol. The van der Waals surface area contributed by atoms with E-state index < -0.39 is 0 Å². The molecule has 1 fully saturated rings. The van der Waals surface area contributed by atoms with Crippen LogP contribution in [0.15, 0.2) is 0 Å². The molecule has 4 heteroatoms. The Kier molecular flexibility index (Phi) is 5.47. The maximum Gasteiger partial charge on any atom is 0.232 e. The SMILES string of the molecule is CC1CCN(C(=O)CSC(C)CN)CC1. The maximum absolute atomic E-state index is 11.8. The quantitative estimate of drug-likeness (QED) is 0.792. The number of carbonyl (C=O) groups is 1. The Hall–Kier alpha value is -0.220. The van der Waals surface area contributed by atoms with Gasteiger partial charge in [0.15, 0.2) is 0 Å². The highest BCUT2D eigenvalue weighted by molar-refractivity contribution is 8.00. The third-order valence-electron chi connectivity index (χ3n) is 2.96. The van der Waals surface area contributed by atoms with Crippen LogP contribution in [0.3, 0.4) is 0 Å². The van der Waals surface area contributed by atoms with E-state index in [2.05, 4.69) is 13.8 Å². The summed E-state index contributed by atoms with van der Waals surface area (Å²) >= 11 is 1.66. The van der Waals surface area contributed by atoms with Crippen LogP contribution in [-0.4, -0.2) is 41.4 Å². The number of hydrogen-bond acceptors (Lipinski definition) is 3. The second kappa shape index (κ2) is 6.38. The zero-order valence-electron chi connectivity index (χ0n) is 9.74. The topological polar surface area (TPSA) is 46.3 Å². The summed E-state index contributed by atoms with van der Waals surface area (Å²) in [5, 5.41) is 0.387. The van der Waals surface area contributed by atoms with Crippen molar-refractivity contribution in [3.05, 3.63) is 0 Å². The summed E-state index contributed by atoms with van der Waals surface area (Å²) in [5.74, 6) is 1.66. The van der Waals surface area contributed by atoms with Crippen molar-refractivity contribution in [2.45, 2.75) is 31.9 Å². The molecule has 0 bridgehead atoms. The van der Waals surface area contributed by atoms with Crippen molar-refractivity contribution < 1.29 is 4.79 Å². The lowest BCUT2D eigenvalue weighted by molar-refractivity contribution is -0.129. The fourth-order valence-corrected chi connectivity index (χ4v) is 2.38. The van der Waals surface area contributed by atoms with Gasteiger partial charge in [-0.15, -0.1) is 11.8 Å². The van der Waals surface area contributed by atoms with Gasteiger partial charge < -0.3 is 10.6 Å². The van der Waals surface area contributed by atoms with Gasteiger partial charge >= 0.3 is 0 Å². The van der Waals surface area contributed by atoms with Gasteiger partial charge in [-0.2, -0.15) is 0 Å². The van der Waals surface area contributed by atoms with Gasteiger partial charge in [0.25, 0.3) is 0 Å². The number of rotatable bonds is 4. The van der Waals surface area contributed by atoms with Crippen LogP contribution >= 0.6 is 11.8 Å². The van der Waals surface area contributed by atoms with E-state index in [9.17, 15) is 4.79 Å². The number of amides is 1. The van der Waals surface area contributed by atoms with Crippen molar-refractivity contribution in [1.82, 2.24) is 4.90 Å². The van der Waals surface area contributed by atoms with E-state index >= 15 is 0 Å². The van der Waals surface area contributed by atoms with E-state index in [1.807, 2.05) is 4.90 Å². The van der Waals surface area contributed by atoms with Crippen molar-refractivity contribution >= 4 is 17.7 Å². The van der Waals surface area contributed by atoms with Crippen molar-refractivity contribution in [3.8, 4) is 0 Å². The van der Waals surface area contributed by atoms with Gasteiger partial charge in [0.05, 0.1) is 5.75 Å². The molecule has 1 saturated heterocycles. The van der Waals surface area contributed by atoms with E-state index in [0.717, 1.165) is 31.8 Å². The summed E-state index contributed by atoms with van der Waals surface area (Å²) in [6.07, 6.45) is 2.31. The number of thioether (sulfide) groups is 1. The highest BCUT2D eigenvalue weighted by Crippen LogP contribution is 2.17. The van der Waals surface area contributed by atoms with Crippen molar-refractivity contribution in [3.63, 3.8) is 0 Å². The molecular weight excluding hydrogens is 208 g/mol. The molecule has 0 saturated carbocycles. The largest absolute Gasteiger partial charge is 0.342 e. The molecule has 0 aliphatic carbocycles. The minimum absolute atomic E-state index is 0.284. The van der Waals surface area contributed by atoms with Gasteiger partial charge in [-0.05, 0) is 18.8 Å². The maximum atomic E-state index is 11.8. The molecule has 2 N–H and O–H groups in total. The van der Waals surface area contributed by atoms with Crippen LogP contribution in [0.2, 0.25) is 0 Å². The first-order valence-electron chi connectivity index (χ1n) is 5.73. The first-order chi connectivity index (χ1) is 7.13. The number of nitrogens with two attached hydrogens (primary N) is 1. The summed E-state index contributed by atoms with van der Waals surface area (Å²) in [5.41, 5.74) is 5.51. The van der Waals surface area contributed by atoms with Crippen molar-refractivity contribution in [1.29, 1.82) is 0 Å². The third kappa shape index (κ3) is 4.43. The molecule has 1 heterocycles. The van der Waals surface area contributed by atoms with Crippen LogP contribution in [0.1, 0.15) is 26.7 Å². The van der Waals surface area contributed by atoms with Gasteiger partial charge in [-0.25, -0.2) is 0 Å². The molecule has 0 spiro atoms. The van der Waals surface area contributed by atoms with E-state index in [4.69, 9.17) is 5.73 Å². The molecule has 0 aromatic heterocycles. The molecular formula is C11H22N2OS. The predicted molar refractivity (Wildman–Crippen MR) is 66.0 cm³/mol. The zero-order chi connectivity index (χ0) is 11.3. The van der Waals surface area contributed by atoms with Gasteiger partial charge in [-0.3, -0.25) is 4.79 Å². The van der Waals surface area contributed by atoms with Crippen molar-refractivity contribution in [2.24, 2.45) is 11.7 Å². The molecule has 0 radical (unpaired) electrons. The number of carbonyl (C=O) groups excluding carboxylic acids is 1. The molecule has 1 aliphatic rings. The Balaban J connectivity index is 2.22. The monoisotopic (exact) mass is 230 g/mol. The van der Waals surface area contributed by atoms with Crippen molar-refractivity contribution in [2.75, 3.05) is 25.4 Å². The summed E-state index contributed by atoms with van der Waals surface area (Å²) in [6, 6.07) is 0. The average Bonchev–Trinajstić information content (AvgIpc) is 2.26. The highest BCUT2D eigenvalue weighted by Gasteiger charge is 2.20. The molecule has 15 heavy (non-hydrogen) atoms. The second-order valence-electron chi connectivity index (χ2n) is 4.42. The molecule has 1 atom stereocenters. The van der Waals surface area contributed by atoms with Crippen LogP contribution in [0, 0.1) is 5.92 Å². The Labute approximate surface area is 96.8 Å². The number of likely N-dealkylation sites (tertiary alicyclic amines) is 1. The number of nitrogens with zero attached hydrogens (tertiary/aromatic N) is 1. The van der Waals surface area contributed by atoms with E-state index in [1.165, 1.54) is 0 Å². The minimum atomic E-state index is 0.284. The lowest BCUT2D eigenvalue weighted by Crippen LogP contribution is -2.39. The normalized spacial score (nSPS) is 20.3. The molecule has 0 aromatic carbocycles. The smallest absolute Gasteiger partial charge is 0.232 e. The first-order valence-corrected chi connectivity index (χ1v) is 6.77. The van der Waals surface area contributed by atoms with Gasteiger partial charge in [0.1, 0.15) is 0 Å². The van der Waals surface area contributed by atoms with E-state index in [1.54, 1.807) is 11.8 Å². The van der Waals surface area contributed by atoms with Crippen LogP contribution in [0.25, 0.3) is 0 Å². The molecule has 3 nitrogen and oxygen atoms in total. The Morgan fingerprint density at radius 3 is 2.67 bits per heavy atom. The van der Waals surface area contributed by atoms with Crippen LogP contribution < -0.4 is 5.73 Å². The van der Waals surface area contributed by atoms with Crippen LogP contribution in [0.5, 0.6) is 0 Å². The van der Waals surface area contributed by atoms with E-state index in [-0.39, 0.29) is 5.91 Å². The molecule has 1 unspecified atom stereocenters.